The van der Waals surface area contributed by atoms with Crippen molar-refractivity contribution < 1.29 is 9.90 Å². The first-order valence-corrected chi connectivity index (χ1v) is 14.3. The second kappa shape index (κ2) is 13.1. The number of aryl methyl sites for hydroxylation is 1. The molecule has 3 heterocycles. The lowest BCUT2D eigenvalue weighted by Gasteiger charge is -2.34. The van der Waals surface area contributed by atoms with E-state index in [1.54, 1.807) is 29.5 Å². The molecule has 0 radical (unpaired) electrons. The van der Waals surface area contributed by atoms with Gasteiger partial charge in [-0.15, -0.1) is 0 Å². The maximum Gasteiger partial charge on any atom is 0.325 e. The molecule has 3 aromatic rings. The van der Waals surface area contributed by atoms with Crippen LogP contribution in [0.5, 0.6) is 0 Å². The van der Waals surface area contributed by atoms with Crippen LogP contribution in [0.1, 0.15) is 47.9 Å². The van der Waals surface area contributed by atoms with Crippen LogP contribution in [0.4, 0.5) is 0 Å². The fourth-order valence-electron chi connectivity index (χ4n) is 5.32. The van der Waals surface area contributed by atoms with E-state index in [2.05, 4.69) is 41.0 Å². The first kappa shape index (κ1) is 27.2. The molecule has 2 atom stereocenters. The fourth-order valence-corrected chi connectivity index (χ4v) is 6.08. The molecule has 2 fully saturated rings. The number of halogens is 2. The average molecular weight is 546 g/mol. The lowest BCUT2D eigenvalue weighted by Crippen LogP contribution is -2.38. The molecular weight excluding hydrogens is 511 g/mol. The Balaban J connectivity index is 0.000000543. The largest absolute Gasteiger partial charge is 0.480 e. The average Bonchev–Trinajstić information content (AvgIpc) is 3.59. The zero-order chi connectivity index (χ0) is 25.5. The number of likely N-dealkylation sites (tertiary alicyclic amines) is 2. The molecule has 1 aromatic heterocycles. The van der Waals surface area contributed by atoms with Crippen molar-refractivity contribution >= 4 is 40.5 Å². The van der Waals surface area contributed by atoms with Gasteiger partial charge in [0.25, 0.3) is 0 Å². The van der Waals surface area contributed by atoms with Gasteiger partial charge in [0.15, 0.2) is 0 Å². The Hall–Kier alpha value is -1.89. The molecule has 2 aliphatic heterocycles. The zero-order valence-electron chi connectivity index (χ0n) is 20.7. The second-order valence-corrected chi connectivity index (χ2v) is 11.5. The van der Waals surface area contributed by atoms with Crippen LogP contribution in [0, 0.1) is 12.8 Å². The van der Waals surface area contributed by atoms with E-state index in [4.69, 9.17) is 23.2 Å². The number of carbonyl (C=O) groups is 1. The van der Waals surface area contributed by atoms with E-state index in [-0.39, 0.29) is 0 Å². The molecule has 0 aliphatic carbocycles. The molecule has 0 saturated carbocycles. The van der Waals surface area contributed by atoms with Gasteiger partial charge in [0, 0.05) is 13.1 Å². The Morgan fingerprint density at radius 2 is 1.69 bits per heavy atom. The van der Waals surface area contributed by atoms with Crippen molar-refractivity contribution in [2.45, 2.75) is 38.1 Å². The van der Waals surface area contributed by atoms with Gasteiger partial charge in [-0.2, -0.15) is 11.3 Å². The molecular formula is C29H34Cl2N2O2S. The highest BCUT2D eigenvalue weighted by molar-refractivity contribution is 7.07. The Kier molecular flexibility index (Phi) is 9.86. The van der Waals surface area contributed by atoms with Crippen molar-refractivity contribution in [3.05, 3.63) is 92.1 Å². The monoisotopic (exact) mass is 544 g/mol. The number of aliphatic carboxylic acids is 1. The zero-order valence-corrected chi connectivity index (χ0v) is 23.0. The molecule has 2 aromatic carbocycles. The molecule has 36 heavy (non-hydrogen) atoms. The van der Waals surface area contributed by atoms with Crippen molar-refractivity contribution in [2.24, 2.45) is 5.92 Å². The van der Waals surface area contributed by atoms with Crippen LogP contribution >= 0.6 is 34.5 Å². The van der Waals surface area contributed by atoms with E-state index in [1.807, 2.05) is 22.9 Å². The minimum atomic E-state index is -0.835. The number of hydrogen-bond acceptors (Lipinski definition) is 4. The van der Waals surface area contributed by atoms with Crippen LogP contribution in [0.3, 0.4) is 0 Å². The number of thiophene rings is 1. The third kappa shape index (κ3) is 7.33. The first-order valence-electron chi connectivity index (χ1n) is 12.6. The van der Waals surface area contributed by atoms with Crippen molar-refractivity contribution in [1.29, 1.82) is 0 Å². The van der Waals surface area contributed by atoms with Crippen LogP contribution in [-0.4, -0.2) is 53.6 Å². The van der Waals surface area contributed by atoms with Crippen LogP contribution in [0.25, 0.3) is 0 Å². The number of benzene rings is 2. The summed E-state index contributed by atoms with van der Waals surface area (Å²) in [5.74, 6) is 0.321. The summed E-state index contributed by atoms with van der Waals surface area (Å²) in [5, 5.41) is 14.8. The molecule has 7 heteroatoms. The SMILES string of the molecule is Cc1ccc(C2CCN(CC3CCN(C(C(=O)O)c4ccc(Cl)c(Cl)c4)C3)CC2)cc1.c1ccsc1. The molecule has 4 nitrogen and oxygen atoms in total. The Morgan fingerprint density at radius 3 is 2.28 bits per heavy atom. The number of hydrogen-bond donors (Lipinski definition) is 1. The molecule has 1 N–H and O–H groups in total. The highest BCUT2D eigenvalue weighted by Gasteiger charge is 2.35. The van der Waals surface area contributed by atoms with Gasteiger partial charge in [0.2, 0.25) is 0 Å². The van der Waals surface area contributed by atoms with Crippen molar-refractivity contribution in [3.63, 3.8) is 0 Å². The molecule has 0 bridgehead atoms. The molecule has 0 spiro atoms. The van der Waals surface area contributed by atoms with Crippen molar-refractivity contribution in [3.8, 4) is 0 Å². The summed E-state index contributed by atoms with van der Waals surface area (Å²) < 4.78 is 0. The van der Waals surface area contributed by atoms with Crippen molar-refractivity contribution in [1.82, 2.24) is 9.80 Å². The van der Waals surface area contributed by atoms with Gasteiger partial charge in [0.05, 0.1) is 10.0 Å². The normalized spacial score (nSPS) is 20.0. The quantitative estimate of drug-likeness (QED) is 0.351. The summed E-state index contributed by atoms with van der Waals surface area (Å²) in [6, 6.07) is 17.5. The molecule has 0 amide bonds. The smallest absolute Gasteiger partial charge is 0.325 e. The predicted molar refractivity (Wildman–Crippen MR) is 150 cm³/mol. The van der Waals surface area contributed by atoms with Gasteiger partial charge >= 0.3 is 5.97 Å². The van der Waals surface area contributed by atoms with Gasteiger partial charge in [-0.05, 0) is 91.7 Å². The standard InChI is InChI=1S/C25H30Cl2N2O2.C4H4S/c1-17-2-4-19(5-3-17)20-9-11-28(12-10-20)15-18-8-13-29(16-18)24(25(30)31)21-6-7-22(26)23(27)14-21;1-2-4-5-3-1/h2-7,14,18,20,24H,8-13,15-16H2,1H3,(H,30,31);1-4H. The number of piperidine rings is 1. The highest BCUT2D eigenvalue weighted by Crippen LogP contribution is 2.33. The third-order valence-electron chi connectivity index (χ3n) is 7.25. The second-order valence-electron chi connectivity index (χ2n) is 9.84. The molecule has 192 valence electrons. The molecule has 2 unspecified atom stereocenters. The van der Waals surface area contributed by atoms with Crippen LogP contribution < -0.4 is 0 Å². The highest BCUT2D eigenvalue weighted by atomic mass is 35.5. The Morgan fingerprint density at radius 1 is 1.00 bits per heavy atom. The minimum absolute atomic E-state index is 0.401. The summed E-state index contributed by atoms with van der Waals surface area (Å²) in [4.78, 5) is 16.7. The van der Waals surface area contributed by atoms with Crippen LogP contribution in [0.2, 0.25) is 10.0 Å². The van der Waals surface area contributed by atoms with Gasteiger partial charge in [-0.1, -0.05) is 71.2 Å². The molecule has 2 saturated heterocycles. The Labute approximate surface area is 228 Å². The number of nitrogens with zero attached hydrogens (tertiary/aromatic N) is 2. The van der Waals surface area contributed by atoms with Crippen LogP contribution in [0.15, 0.2) is 65.4 Å². The number of carboxylic acid groups (broad SMARTS) is 1. The van der Waals surface area contributed by atoms with Gasteiger partial charge in [-0.25, -0.2) is 0 Å². The minimum Gasteiger partial charge on any atom is -0.480 e. The lowest BCUT2D eigenvalue weighted by molar-refractivity contribution is -0.143. The van der Waals surface area contributed by atoms with Crippen molar-refractivity contribution in [2.75, 3.05) is 32.7 Å². The van der Waals surface area contributed by atoms with E-state index in [9.17, 15) is 9.90 Å². The summed E-state index contributed by atoms with van der Waals surface area (Å²) in [6.07, 6.45) is 3.42. The van der Waals surface area contributed by atoms with E-state index in [0.29, 0.717) is 27.4 Å². The van der Waals surface area contributed by atoms with Crippen LogP contribution in [-0.2, 0) is 4.79 Å². The van der Waals surface area contributed by atoms with Gasteiger partial charge in [0.1, 0.15) is 6.04 Å². The first-order chi connectivity index (χ1) is 17.4. The lowest BCUT2D eigenvalue weighted by atomic mass is 9.88. The van der Waals surface area contributed by atoms with Gasteiger partial charge in [-0.3, -0.25) is 9.69 Å². The van der Waals surface area contributed by atoms with E-state index < -0.39 is 12.0 Å². The maximum absolute atomic E-state index is 12.0. The summed E-state index contributed by atoms with van der Waals surface area (Å²) in [6.45, 7) is 7.00. The summed E-state index contributed by atoms with van der Waals surface area (Å²) in [5.41, 5.74) is 3.47. The summed E-state index contributed by atoms with van der Waals surface area (Å²) in [7, 11) is 0. The third-order valence-corrected chi connectivity index (χ3v) is 8.62. The summed E-state index contributed by atoms with van der Waals surface area (Å²) >= 11 is 13.9. The fraction of sp³-hybridized carbons (Fsp3) is 0.414. The van der Waals surface area contributed by atoms with E-state index in [0.717, 1.165) is 39.1 Å². The number of carboxylic acids is 1. The maximum atomic E-state index is 12.0. The van der Waals surface area contributed by atoms with E-state index >= 15 is 0 Å². The topological polar surface area (TPSA) is 43.8 Å². The van der Waals surface area contributed by atoms with Gasteiger partial charge < -0.3 is 10.0 Å². The number of rotatable bonds is 6. The van der Waals surface area contributed by atoms with E-state index in [1.165, 1.54) is 24.0 Å². The predicted octanol–water partition coefficient (Wildman–Crippen LogP) is 7.38. The molecule has 2 aliphatic rings. The Bertz CT molecular complexity index is 1080. The molecule has 5 rings (SSSR count).